The van der Waals surface area contributed by atoms with Gasteiger partial charge in [0.25, 0.3) is 0 Å². The van der Waals surface area contributed by atoms with Gasteiger partial charge in [0.2, 0.25) is 5.91 Å². The average molecular weight is 582 g/mol. The van der Waals surface area contributed by atoms with Gasteiger partial charge in [-0.05, 0) is 72.9 Å². The van der Waals surface area contributed by atoms with Crippen LogP contribution in [0.1, 0.15) is 37.3 Å². The summed E-state index contributed by atoms with van der Waals surface area (Å²) in [7, 11) is 1.91. The maximum atomic E-state index is 12.9. The van der Waals surface area contributed by atoms with Crippen molar-refractivity contribution >= 4 is 44.9 Å². The van der Waals surface area contributed by atoms with Crippen LogP contribution in [0, 0.1) is 0 Å². The van der Waals surface area contributed by atoms with Crippen LogP contribution in [0.3, 0.4) is 0 Å². The molecule has 8 nitrogen and oxygen atoms in total. The largest absolute Gasteiger partial charge is 0.488 e. The number of benzene rings is 2. The van der Waals surface area contributed by atoms with Crippen molar-refractivity contribution in [3.05, 3.63) is 76.4 Å². The third-order valence-corrected chi connectivity index (χ3v) is 7.35. The van der Waals surface area contributed by atoms with Crippen LogP contribution in [0.25, 0.3) is 17.0 Å². The minimum absolute atomic E-state index is 0.0881. The second-order valence-electron chi connectivity index (χ2n) is 9.60. The first-order valence-electron chi connectivity index (χ1n) is 12.7. The molecule has 2 aromatic carbocycles. The summed E-state index contributed by atoms with van der Waals surface area (Å²) in [4.78, 5) is 30.5. The Hall–Kier alpha value is -3.43. The predicted molar refractivity (Wildman–Crippen MR) is 152 cm³/mol. The van der Waals surface area contributed by atoms with E-state index in [0.29, 0.717) is 32.4 Å². The molecular formula is C29H33BrN4O4. The Morgan fingerprint density at radius 1 is 1.21 bits per heavy atom. The molecule has 9 heteroatoms. The molecule has 0 saturated carbocycles. The number of ether oxygens (including phenoxy) is 1. The van der Waals surface area contributed by atoms with Crippen LogP contribution in [0.4, 0.5) is 4.79 Å². The van der Waals surface area contributed by atoms with Crippen molar-refractivity contribution in [2.24, 2.45) is 0 Å². The third kappa shape index (κ3) is 7.11. The summed E-state index contributed by atoms with van der Waals surface area (Å²) in [6.45, 7) is 2.93. The lowest BCUT2D eigenvalue weighted by molar-refractivity contribution is -0.128. The lowest BCUT2D eigenvalue weighted by Gasteiger charge is -2.40. The number of rotatable bonds is 9. The van der Waals surface area contributed by atoms with Crippen LogP contribution in [0.5, 0.6) is 5.75 Å². The molecule has 3 N–H and O–H groups in total. The Labute approximate surface area is 231 Å². The lowest BCUT2D eigenvalue weighted by atomic mass is 9.92. The molecular weight excluding hydrogens is 548 g/mol. The van der Waals surface area contributed by atoms with Gasteiger partial charge in [0.15, 0.2) is 0 Å². The van der Waals surface area contributed by atoms with Gasteiger partial charge in [0.05, 0.1) is 11.6 Å². The zero-order valence-corrected chi connectivity index (χ0v) is 23.1. The fourth-order valence-electron chi connectivity index (χ4n) is 4.81. The van der Waals surface area contributed by atoms with E-state index in [1.165, 1.54) is 0 Å². The number of nitrogens with zero attached hydrogens (tertiary/aromatic N) is 2. The molecule has 4 rings (SSSR count). The average Bonchev–Trinajstić information content (AvgIpc) is 2.89. The van der Waals surface area contributed by atoms with E-state index in [1.807, 2.05) is 79.6 Å². The smallest absolute Gasteiger partial charge is 0.404 e. The van der Waals surface area contributed by atoms with Crippen molar-refractivity contribution in [1.29, 1.82) is 0 Å². The van der Waals surface area contributed by atoms with Crippen molar-refractivity contribution in [2.45, 2.75) is 50.9 Å². The maximum absolute atomic E-state index is 12.9. The van der Waals surface area contributed by atoms with Gasteiger partial charge in [-0.15, -0.1) is 0 Å². The number of amides is 2. The summed E-state index contributed by atoms with van der Waals surface area (Å²) >= 11 is 3.52. The minimum atomic E-state index is -1.06. The van der Waals surface area contributed by atoms with Crippen LogP contribution >= 0.6 is 15.9 Å². The van der Waals surface area contributed by atoms with Crippen molar-refractivity contribution in [3.63, 3.8) is 0 Å². The van der Waals surface area contributed by atoms with Gasteiger partial charge in [-0.2, -0.15) is 0 Å². The number of halogens is 1. The monoisotopic (exact) mass is 580 g/mol. The number of likely N-dealkylation sites (N-methyl/N-ethyl adjacent to an activating group) is 1. The number of pyridine rings is 1. The second-order valence-corrected chi connectivity index (χ2v) is 10.5. The van der Waals surface area contributed by atoms with Gasteiger partial charge < -0.3 is 20.5 Å². The number of nitrogens with one attached hydrogen (secondary N) is 2. The van der Waals surface area contributed by atoms with E-state index in [1.54, 1.807) is 6.20 Å². The zero-order valence-electron chi connectivity index (χ0n) is 21.6. The van der Waals surface area contributed by atoms with Crippen molar-refractivity contribution in [2.75, 3.05) is 13.6 Å². The number of hydrogen-bond donors (Lipinski definition) is 3. The van der Waals surface area contributed by atoms with Crippen LogP contribution in [-0.4, -0.2) is 58.7 Å². The van der Waals surface area contributed by atoms with E-state index in [9.17, 15) is 9.59 Å². The number of carbonyl (C=O) groups is 2. The molecule has 3 atom stereocenters. The van der Waals surface area contributed by atoms with Gasteiger partial charge >= 0.3 is 6.09 Å². The van der Waals surface area contributed by atoms with Crippen LogP contribution in [-0.2, 0) is 11.4 Å². The number of carbonyl (C=O) groups excluding carboxylic acids is 1. The fourth-order valence-corrected chi connectivity index (χ4v) is 5.14. The van der Waals surface area contributed by atoms with Gasteiger partial charge in [0.1, 0.15) is 12.4 Å². The predicted octanol–water partition coefficient (Wildman–Crippen LogP) is 5.21. The van der Waals surface area contributed by atoms with Crippen molar-refractivity contribution in [1.82, 2.24) is 20.5 Å². The molecule has 0 spiro atoms. The SMILES string of the molecule is CC1CC(NC(=O)O)C[C@@H](C(=O)NCC/C=C/c2c(OCc3ccccc3)ccc3ncc(Br)cc23)N1C. The van der Waals surface area contributed by atoms with Crippen LogP contribution in [0.2, 0.25) is 0 Å². The van der Waals surface area contributed by atoms with Gasteiger partial charge in [-0.25, -0.2) is 4.79 Å². The van der Waals surface area contributed by atoms with E-state index in [0.717, 1.165) is 32.3 Å². The van der Waals surface area contributed by atoms with E-state index in [4.69, 9.17) is 9.84 Å². The number of likely N-dealkylation sites (tertiary alicyclic amines) is 1. The number of carboxylic acid groups (broad SMARTS) is 1. The Balaban J connectivity index is 1.41. The molecule has 2 heterocycles. The first-order valence-corrected chi connectivity index (χ1v) is 13.5. The van der Waals surface area contributed by atoms with Gasteiger partial charge in [-0.1, -0.05) is 42.5 Å². The highest BCUT2D eigenvalue weighted by atomic mass is 79.9. The Morgan fingerprint density at radius 2 is 2.00 bits per heavy atom. The van der Waals surface area contributed by atoms with Crippen LogP contribution in [0.15, 0.2) is 65.3 Å². The van der Waals surface area contributed by atoms with Gasteiger partial charge in [0, 0.05) is 40.2 Å². The highest BCUT2D eigenvalue weighted by Crippen LogP contribution is 2.31. The quantitative estimate of drug-likeness (QED) is 0.300. The molecule has 0 aliphatic carbocycles. The minimum Gasteiger partial charge on any atom is -0.488 e. The molecule has 200 valence electrons. The molecule has 1 aromatic heterocycles. The Kier molecular flexibility index (Phi) is 9.36. The summed E-state index contributed by atoms with van der Waals surface area (Å²) in [6.07, 6.45) is 6.52. The van der Waals surface area contributed by atoms with Gasteiger partial charge in [-0.3, -0.25) is 14.7 Å². The lowest BCUT2D eigenvalue weighted by Crippen LogP contribution is -2.57. The first-order chi connectivity index (χ1) is 18.3. The van der Waals surface area contributed by atoms with Crippen molar-refractivity contribution in [3.8, 4) is 5.75 Å². The fraction of sp³-hybridized carbons (Fsp3) is 0.345. The number of fused-ring (bicyclic) bond motifs is 1. The Bertz CT molecular complexity index is 1300. The van der Waals surface area contributed by atoms with E-state index in [2.05, 4.69) is 31.5 Å². The summed E-state index contributed by atoms with van der Waals surface area (Å²) in [5.74, 6) is 0.672. The second kappa shape index (κ2) is 12.9. The molecule has 1 aliphatic heterocycles. The molecule has 2 amide bonds. The molecule has 1 saturated heterocycles. The molecule has 3 aromatic rings. The molecule has 0 bridgehead atoms. The number of piperidine rings is 1. The maximum Gasteiger partial charge on any atom is 0.404 e. The molecule has 2 unspecified atom stereocenters. The number of aromatic nitrogens is 1. The number of hydrogen-bond acceptors (Lipinski definition) is 5. The molecule has 1 aliphatic rings. The summed E-state index contributed by atoms with van der Waals surface area (Å²) in [6, 6.07) is 15.4. The zero-order chi connectivity index (χ0) is 27.1. The Morgan fingerprint density at radius 3 is 2.76 bits per heavy atom. The highest BCUT2D eigenvalue weighted by Gasteiger charge is 2.35. The summed E-state index contributed by atoms with van der Waals surface area (Å²) in [5.41, 5.74) is 2.88. The third-order valence-electron chi connectivity index (χ3n) is 6.92. The highest BCUT2D eigenvalue weighted by molar-refractivity contribution is 9.10. The van der Waals surface area contributed by atoms with Crippen LogP contribution < -0.4 is 15.4 Å². The summed E-state index contributed by atoms with van der Waals surface area (Å²) in [5, 5.41) is 15.6. The standard InChI is InChI=1S/C29H33BrN4O4/c1-19-14-22(33-29(36)37)16-26(34(19)2)28(35)31-13-7-6-10-23-24-15-21(30)17-32-25(24)11-12-27(23)38-18-20-8-4-3-5-9-20/h3-6,8-12,15,17,19,22,26,33H,7,13-14,16,18H2,1-2H3,(H,31,35)(H,36,37)/b10-6+/t19?,22?,26-/m0/s1. The van der Waals surface area contributed by atoms with Crippen molar-refractivity contribution < 1.29 is 19.4 Å². The molecule has 1 fully saturated rings. The van der Waals surface area contributed by atoms with E-state index in [-0.39, 0.29) is 24.0 Å². The molecule has 38 heavy (non-hydrogen) atoms. The topological polar surface area (TPSA) is 104 Å². The summed E-state index contributed by atoms with van der Waals surface area (Å²) < 4.78 is 7.07. The molecule has 0 radical (unpaired) electrons. The van der Waals surface area contributed by atoms with E-state index >= 15 is 0 Å². The normalized spacial score (nSPS) is 19.9. The van der Waals surface area contributed by atoms with E-state index < -0.39 is 6.09 Å². The first kappa shape index (κ1) is 27.6.